The fourth-order valence-electron chi connectivity index (χ4n) is 0.802. The maximum Gasteiger partial charge on any atom is 0.123 e. The highest BCUT2D eigenvalue weighted by Crippen LogP contribution is 2.03. The van der Waals surface area contributed by atoms with Crippen molar-refractivity contribution in [2.75, 3.05) is 0 Å². The fourth-order valence-corrected chi connectivity index (χ4v) is 0.861. The van der Waals surface area contributed by atoms with Crippen LogP contribution in [-0.4, -0.2) is 4.99 Å². The number of halogens is 1. The van der Waals surface area contributed by atoms with Gasteiger partial charge in [-0.05, 0) is 24.6 Å². The average Bonchev–Trinajstić information content (AvgIpc) is 2.08. The zero-order chi connectivity index (χ0) is 9.68. The Labute approximate surface area is 81.7 Å². The molecule has 70 valence electrons. The first kappa shape index (κ1) is 10.1. The van der Waals surface area contributed by atoms with Gasteiger partial charge in [0.2, 0.25) is 0 Å². The summed E-state index contributed by atoms with van der Waals surface area (Å²) >= 11 is 4.74. The topological polar surface area (TPSA) is 21.3 Å². The number of benzene rings is 1. The minimum Gasteiger partial charge on any atom is -0.271 e. The fraction of sp³-hybridized carbons (Fsp3) is 0.222. The van der Waals surface area contributed by atoms with Gasteiger partial charge in [-0.25, -0.2) is 4.39 Å². The van der Waals surface area contributed by atoms with E-state index in [-0.39, 0.29) is 5.82 Å². The first-order valence-electron chi connectivity index (χ1n) is 3.81. The summed E-state index contributed by atoms with van der Waals surface area (Å²) in [5.41, 5.74) is 3.44. The number of rotatable bonds is 3. The van der Waals surface area contributed by atoms with Gasteiger partial charge in [-0.15, -0.1) is 0 Å². The van der Waals surface area contributed by atoms with Crippen LogP contribution in [0.15, 0.2) is 24.3 Å². The van der Waals surface area contributed by atoms with Crippen molar-refractivity contribution in [1.29, 1.82) is 0 Å². The second kappa shape index (κ2) is 4.89. The van der Waals surface area contributed by atoms with Crippen molar-refractivity contribution in [1.82, 2.24) is 5.48 Å². The summed E-state index contributed by atoms with van der Waals surface area (Å²) in [5.74, 6) is -0.247. The quantitative estimate of drug-likeness (QED) is 0.595. The van der Waals surface area contributed by atoms with Gasteiger partial charge in [-0.3, -0.25) is 10.3 Å². The van der Waals surface area contributed by atoms with E-state index in [2.05, 4.69) is 5.48 Å². The van der Waals surface area contributed by atoms with Crippen LogP contribution in [0, 0.1) is 5.82 Å². The van der Waals surface area contributed by atoms with Crippen LogP contribution >= 0.6 is 12.2 Å². The number of thiocarbonyl (C=S) groups is 1. The highest BCUT2D eigenvalue weighted by Gasteiger charge is 1.93. The van der Waals surface area contributed by atoms with Crippen LogP contribution in [0.2, 0.25) is 0 Å². The largest absolute Gasteiger partial charge is 0.271 e. The van der Waals surface area contributed by atoms with E-state index in [1.54, 1.807) is 19.1 Å². The molecule has 0 radical (unpaired) electrons. The summed E-state index contributed by atoms with van der Waals surface area (Å²) in [6.45, 7) is 2.09. The van der Waals surface area contributed by atoms with Crippen LogP contribution in [-0.2, 0) is 11.4 Å². The molecule has 0 bridgehead atoms. The molecule has 0 heterocycles. The standard InChI is InChI=1S/C9H10FNOS/c1-7(13)11-12-6-8-2-4-9(10)5-3-8/h2-5H,6H2,1H3,(H,11,13). The Kier molecular flexibility index (Phi) is 3.79. The Morgan fingerprint density at radius 3 is 2.62 bits per heavy atom. The van der Waals surface area contributed by atoms with E-state index in [9.17, 15) is 4.39 Å². The molecule has 0 saturated heterocycles. The highest BCUT2D eigenvalue weighted by atomic mass is 32.1. The van der Waals surface area contributed by atoms with Gasteiger partial charge in [0.15, 0.2) is 0 Å². The molecule has 0 aliphatic carbocycles. The zero-order valence-electron chi connectivity index (χ0n) is 7.21. The number of hydrogen-bond acceptors (Lipinski definition) is 2. The molecule has 1 rings (SSSR count). The molecular weight excluding hydrogens is 189 g/mol. The third-order valence-corrected chi connectivity index (χ3v) is 1.45. The van der Waals surface area contributed by atoms with Gasteiger partial charge in [0.05, 0.1) is 11.6 Å². The molecule has 0 saturated carbocycles. The summed E-state index contributed by atoms with van der Waals surface area (Å²) in [6, 6.07) is 6.11. The number of hydrogen-bond donors (Lipinski definition) is 1. The van der Waals surface area contributed by atoms with Gasteiger partial charge >= 0.3 is 0 Å². The Hall–Kier alpha value is -1.00. The normalized spacial score (nSPS) is 9.69. The molecule has 0 aliphatic rings. The minimum atomic E-state index is -0.247. The summed E-state index contributed by atoms with van der Waals surface area (Å²) in [5, 5.41) is 0. The van der Waals surface area contributed by atoms with E-state index < -0.39 is 0 Å². The predicted octanol–water partition coefficient (Wildman–Crippen LogP) is 2.19. The molecule has 0 atom stereocenters. The molecule has 4 heteroatoms. The molecule has 2 nitrogen and oxygen atoms in total. The van der Waals surface area contributed by atoms with Gasteiger partial charge in [-0.1, -0.05) is 24.4 Å². The third kappa shape index (κ3) is 3.96. The molecule has 0 aromatic heterocycles. The van der Waals surface area contributed by atoms with Crippen molar-refractivity contribution in [2.24, 2.45) is 0 Å². The van der Waals surface area contributed by atoms with Gasteiger partial charge in [0.25, 0.3) is 0 Å². The molecule has 0 fully saturated rings. The Morgan fingerprint density at radius 1 is 1.46 bits per heavy atom. The Morgan fingerprint density at radius 2 is 2.08 bits per heavy atom. The second-order valence-corrected chi connectivity index (χ2v) is 3.19. The summed E-state index contributed by atoms with van der Waals surface area (Å²) in [7, 11) is 0. The molecule has 0 aliphatic heterocycles. The lowest BCUT2D eigenvalue weighted by Gasteiger charge is -2.04. The first-order valence-corrected chi connectivity index (χ1v) is 4.22. The number of nitrogens with one attached hydrogen (secondary N) is 1. The van der Waals surface area contributed by atoms with E-state index in [1.165, 1.54) is 12.1 Å². The van der Waals surface area contributed by atoms with Crippen molar-refractivity contribution in [3.05, 3.63) is 35.6 Å². The Bertz CT molecular complexity index is 286. The van der Waals surface area contributed by atoms with Crippen LogP contribution in [0.1, 0.15) is 12.5 Å². The smallest absolute Gasteiger partial charge is 0.123 e. The molecular formula is C9H10FNOS. The maximum atomic E-state index is 12.5. The van der Waals surface area contributed by atoms with Crippen LogP contribution in [0.5, 0.6) is 0 Å². The van der Waals surface area contributed by atoms with Gasteiger partial charge in [0.1, 0.15) is 5.82 Å². The molecule has 0 unspecified atom stereocenters. The van der Waals surface area contributed by atoms with E-state index >= 15 is 0 Å². The van der Waals surface area contributed by atoms with Crippen molar-refractivity contribution < 1.29 is 9.23 Å². The lowest BCUT2D eigenvalue weighted by molar-refractivity contribution is 0.0725. The molecule has 1 aromatic carbocycles. The van der Waals surface area contributed by atoms with E-state index in [4.69, 9.17) is 17.1 Å². The van der Waals surface area contributed by atoms with E-state index in [0.717, 1.165) is 5.56 Å². The number of hydroxylamine groups is 1. The third-order valence-electron chi connectivity index (χ3n) is 1.37. The first-order chi connectivity index (χ1) is 6.18. The molecule has 13 heavy (non-hydrogen) atoms. The predicted molar refractivity (Wildman–Crippen MR) is 52.6 cm³/mol. The maximum absolute atomic E-state index is 12.5. The van der Waals surface area contributed by atoms with Gasteiger partial charge in [-0.2, -0.15) is 0 Å². The minimum absolute atomic E-state index is 0.247. The van der Waals surface area contributed by atoms with Crippen LogP contribution in [0.3, 0.4) is 0 Å². The second-order valence-electron chi connectivity index (χ2n) is 2.57. The lowest BCUT2D eigenvalue weighted by Crippen LogP contribution is -2.18. The van der Waals surface area contributed by atoms with Crippen molar-refractivity contribution in [3.63, 3.8) is 0 Å². The van der Waals surface area contributed by atoms with Crippen LogP contribution in [0.4, 0.5) is 4.39 Å². The SMILES string of the molecule is CC(=S)NOCc1ccc(F)cc1. The summed E-state index contributed by atoms with van der Waals surface area (Å²) in [6.07, 6.45) is 0. The summed E-state index contributed by atoms with van der Waals surface area (Å²) < 4.78 is 12.5. The molecule has 1 aromatic rings. The van der Waals surface area contributed by atoms with E-state index in [1.807, 2.05) is 0 Å². The molecule has 0 spiro atoms. The van der Waals surface area contributed by atoms with Gasteiger partial charge in [0, 0.05) is 0 Å². The van der Waals surface area contributed by atoms with Crippen LogP contribution < -0.4 is 5.48 Å². The van der Waals surface area contributed by atoms with Gasteiger partial charge < -0.3 is 0 Å². The molecule has 1 N–H and O–H groups in total. The zero-order valence-corrected chi connectivity index (χ0v) is 8.03. The Balaban J connectivity index is 2.37. The van der Waals surface area contributed by atoms with E-state index in [0.29, 0.717) is 11.6 Å². The van der Waals surface area contributed by atoms with Crippen LogP contribution in [0.25, 0.3) is 0 Å². The lowest BCUT2D eigenvalue weighted by atomic mass is 10.2. The monoisotopic (exact) mass is 199 g/mol. The average molecular weight is 199 g/mol. The molecule has 0 amide bonds. The van der Waals surface area contributed by atoms with Crippen molar-refractivity contribution in [2.45, 2.75) is 13.5 Å². The van der Waals surface area contributed by atoms with Crippen molar-refractivity contribution >= 4 is 17.2 Å². The highest BCUT2D eigenvalue weighted by molar-refractivity contribution is 7.80. The van der Waals surface area contributed by atoms with Crippen molar-refractivity contribution in [3.8, 4) is 0 Å². The summed E-state index contributed by atoms with van der Waals surface area (Å²) in [4.78, 5) is 5.58.